The van der Waals surface area contributed by atoms with Gasteiger partial charge in [-0.3, -0.25) is 0 Å². The van der Waals surface area contributed by atoms with Gasteiger partial charge in [0, 0.05) is 16.2 Å². The number of hydrogen-bond donors (Lipinski definition) is 1. The largest absolute Gasteiger partial charge is 0.329 e. The maximum atomic E-state index is 5.89. The topological polar surface area (TPSA) is 26.0 Å². The Morgan fingerprint density at radius 3 is 2.07 bits per heavy atom. The lowest BCUT2D eigenvalue weighted by Gasteiger charge is -2.29. The van der Waals surface area contributed by atoms with Crippen molar-refractivity contribution in [2.45, 2.75) is 43.3 Å². The molecule has 2 heteroatoms. The number of nitrogens with two attached hydrogens (primary N) is 1. The third kappa shape index (κ3) is 3.25. The second kappa shape index (κ2) is 5.57. The molecule has 1 aromatic rings. The monoisotopic (exact) mass is 223 g/mol. The van der Waals surface area contributed by atoms with Gasteiger partial charge in [-0.25, -0.2) is 0 Å². The lowest BCUT2D eigenvalue weighted by molar-refractivity contribution is 0.558. The van der Waals surface area contributed by atoms with E-state index in [1.165, 1.54) is 10.5 Å². The zero-order chi connectivity index (χ0) is 11.3. The number of aryl methyl sites for hydroxylation is 1. The highest BCUT2D eigenvalue weighted by atomic mass is 32.2. The molecule has 15 heavy (non-hydrogen) atoms. The quantitative estimate of drug-likeness (QED) is 0.772. The number of rotatable bonds is 5. The van der Waals surface area contributed by atoms with Crippen molar-refractivity contribution < 1.29 is 0 Å². The first kappa shape index (κ1) is 12.6. The van der Waals surface area contributed by atoms with Gasteiger partial charge in [0.1, 0.15) is 0 Å². The maximum absolute atomic E-state index is 5.89. The first-order valence-electron chi connectivity index (χ1n) is 5.61. The SMILES string of the molecule is CCC(CC)(CN)Sc1ccc(C)cc1. The van der Waals surface area contributed by atoms with Gasteiger partial charge >= 0.3 is 0 Å². The van der Waals surface area contributed by atoms with E-state index in [1.807, 2.05) is 11.8 Å². The number of thioether (sulfide) groups is 1. The minimum absolute atomic E-state index is 0.218. The average Bonchev–Trinajstić information content (AvgIpc) is 2.29. The number of hydrogen-bond acceptors (Lipinski definition) is 2. The second-order valence-corrected chi connectivity index (χ2v) is 5.55. The molecule has 0 saturated heterocycles. The molecule has 0 aliphatic heterocycles. The molecule has 1 rings (SSSR count). The van der Waals surface area contributed by atoms with Crippen molar-refractivity contribution >= 4 is 11.8 Å². The third-order valence-electron chi connectivity index (χ3n) is 3.02. The van der Waals surface area contributed by atoms with Gasteiger partial charge in [0.05, 0.1) is 0 Å². The smallest absolute Gasteiger partial charge is 0.0324 e. The Labute approximate surface area is 97.4 Å². The fourth-order valence-corrected chi connectivity index (χ4v) is 2.73. The van der Waals surface area contributed by atoms with Crippen LogP contribution in [0.1, 0.15) is 32.3 Å². The van der Waals surface area contributed by atoms with Gasteiger partial charge < -0.3 is 5.73 Å². The van der Waals surface area contributed by atoms with Crippen LogP contribution >= 0.6 is 11.8 Å². The van der Waals surface area contributed by atoms with E-state index in [2.05, 4.69) is 45.0 Å². The van der Waals surface area contributed by atoms with Crippen molar-refractivity contribution in [2.24, 2.45) is 5.73 Å². The van der Waals surface area contributed by atoms with E-state index in [-0.39, 0.29) is 4.75 Å². The summed E-state index contributed by atoms with van der Waals surface area (Å²) in [4.78, 5) is 1.33. The molecule has 0 heterocycles. The molecule has 0 bridgehead atoms. The molecule has 0 atom stereocenters. The Morgan fingerprint density at radius 1 is 1.13 bits per heavy atom. The maximum Gasteiger partial charge on any atom is 0.0324 e. The molecule has 0 aromatic heterocycles. The van der Waals surface area contributed by atoms with Gasteiger partial charge in [-0.15, -0.1) is 11.8 Å². The highest BCUT2D eigenvalue weighted by Gasteiger charge is 2.25. The van der Waals surface area contributed by atoms with Crippen LogP contribution in [-0.2, 0) is 0 Å². The van der Waals surface area contributed by atoms with E-state index in [0.29, 0.717) is 0 Å². The van der Waals surface area contributed by atoms with Crippen LogP contribution in [-0.4, -0.2) is 11.3 Å². The van der Waals surface area contributed by atoms with E-state index in [9.17, 15) is 0 Å². The van der Waals surface area contributed by atoms with Crippen LogP contribution in [0.4, 0.5) is 0 Å². The molecule has 0 amide bonds. The molecular formula is C13H21NS. The van der Waals surface area contributed by atoms with Gasteiger partial charge in [-0.05, 0) is 31.9 Å². The van der Waals surface area contributed by atoms with Gasteiger partial charge in [0.15, 0.2) is 0 Å². The normalized spacial score (nSPS) is 11.7. The minimum Gasteiger partial charge on any atom is -0.329 e. The van der Waals surface area contributed by atoms with Crippen molar-refractivity contribution in [2.75, 3.05) is 6.54 Å². The highest BCUT2D eigenvalue weighted by Crippen LogP contribution is 2.37. The van der Waals surface area contributed by atoms with Crippen molar-refractivity contribution in [3.63, 3.8) is 0 Å². The zero-order valence-electron chi connectivity index (χ0n) is 9.92. The molecule has 0 radical (unpaired) electrons. The molecule has 1 aromatic carbocycles. The predicted octanol–water partition coefficient (Wildman–Crippen LogP) is 3.60. The van der Waals surface area contributed by atoms with Crippen LogP contribution < -0.4 is 5.73 Å². The fourth-order valence-electron chi connectivity index (χ4n) is 1.58. The summed E-state index contributed by atoms with van der Waals surface area (Å²) in [7, 11) is 0. The Morgan fingerprint density at radius 2 is 1.67 bits per heavy atom. The summed E-state index contributed by atoms with van der Waals surface area (Å²) in [6.45, 7) is 7.30. The van der Waals surface area contributed by atoms with E-state index < -0.39 is 0 Å². The zero-order valence-corrected chi connectivity index (χ0v) is 10.7. The number of benzene rings is 1. The van der Waals surface area contributed by atoms with E-state index in [1.54, 1.807) is 0 Å². The summed E-state index contributed by atoms with van der Waals surface area (Å²) in [6.07, 6.45) is 2.25. The summed E-state index contributed by atoms with van der Waals surface area (Å²) in [5.74, 6) is 0. The summed E-state index contributed by atoms with van der Waals surface area (Å²) >= 11 is 1.92. The van der Waals surface area contributed by atoms with E-state index >= 15 is 0 Å². The highest BCUT2D eigenvalue weighted by molar-refractivity contribution is 8.00. The van der Waals surface area contributed by atoms with Gasteiger partial charge in [0.2, 0.25) is 0 Å². The lowest BCUT2D eigenvalue weighted by Crippen LogP contribution is -2.32. The third-order valence-corrected chi connectivity index (χ3v) is 4.70. The molecule has 2 N–H and O–H groups in total. The first-order chi connectivity index (χ1) is 7.15. The van der Waals surface area contributed by atoms with Crippen LogP contribution in [0.15, 0.2) is 29.2 Å². The summed E-state index contributed by atoms with van der Waals surface area (Å²) in [5.41, 5.74) is 7.20. The first-order valence-corrected chi connectivity index (χ1v) is 6.43. The summed E-state index contributed by atoms with van der Waals surface area (Å²) < 4.78 is 0.218. The molecule has 0 saturated carbocycles. The minimum atomic E-state index is 0.218. The molecule has 84 valence electrons. The fraction of sp³-hybridized carbons (Fsp3) is 0.538. The summed E-state index contributed by atoms with van der Waals surface area (Å²) in [5, 5.41) is 0. The van der Waals surface area contributed by atoms with Gasteiger partial charge in [-0.1, -0.05) is 31.5 Å². The predicted molar refractivity (Wildman–Crippen MR) is 69.4 cm³/mol. The van der Waals surface area contributed by atoms with Gasteiger partial charge in [0.25, 0.3) is 0 Å². The molecular weight excluding hydrogens is 202 g/mol. The van der Waals surface area contributed by atoms with Crippen LogP contribution in [0.25, 0.3) is 0 Å². The van der Waals surface area contributed by atoms with E-state index in [4.69, 9.17) is 5.73 Å². The Hall–Kier alpha value is -0.470. The van der Waals surface area contributed by atoms with Crippen molar-refractivity contribution in [3.8, 4) is 0 Å². The molecule has 1 nitrogen and oxygen atoms in total. The van der Waals surface area contributed by atoms with Gasteiger partial charge in [-0.2, -0.15) is 0 Å². The van der Waals surface area contributed by atoms with Crippen molar-refractivity contribution in [3.05, 3.63) is 29.8 Å². The van der Waals surface area contributed by atoms with Crippen LogP contribution in [0.3, 0.4) is 0 Å². The van der Waals surface area contributed by atoms with E-state index in [0.717, 1.165) is 19.4 Å². The van der Waals surface area contributed by atoms with Crippen molar-refractivity contribution in [1.82, 2.24) is 0 Å². The average molecular weight is 223 g/mol. The Bertz CT molecular complexity index is 280. The Kier molecular flexibility index (Phi) is 4.68. The molecule has 0 unspecified atom stereocenters. The standard InChI is InChI=1S/C13H21NS/c1-4-13(5-2,10-14)15-12-8-6-11(3)7-9-12/h6-9H,4-5,10,14H2,1-3H3. The van der Waals surface area contributed by atoms with Crippen LogP contribution in [0, 0.1) is 6.92 Å². The molecule has 0 spiro atoms. The van der Waals surface area contributed by atoms with Crippen molar-refractivity contribution in [1.29, 1.82) is 0 Å². The summed E-state index contributed by atoms with van der Waals surface area (Å²) in [6, 6.07) is 8.70. The Balaban J connectivity index is 2.78. The molecule has 0 fully saturated rings. The van der Waals surface area contributed by atoms with Crippen LogP contribution in [0.2, 0.25) is 0 Å². The second-order valence-electron chi connectivity index (χ2n) is 4.01. The lowest BCUT2D eigenvalue weighted by atomic mass is 10.0. The molecule has 0 aliphatic rings. The van der Waals surface area contributed by atoms with Crippen LogP contribution in [0.5, 0.6) is 0 Å². The molecule has 0 aliphatic carbocycles.